The van der Waals surface area contributed by atoms with Crippen LogP contribution in [0.2, 0.25) is 0 Å². The molecule has 0 spiro atoms. The maximum atomic E-state index is 10.6. The minimum atomic E-state index is -0.285. The molecule has 1 aromatic carbocycles. The summed E-state index contributed by atoms with van der Waals surface area (Å²) in [6.45, 7) is 0. The lowest BCUT2D eigenvalue weighted by Crippen LogP contribution is -2.01. The minimum absolute atomic E-state index is 0.285. The number of amides is 1. The van der Waals surface area contributed by atoms with Crippen LogP contribution < -0.4 is 10.1 Å². The summed E-state index contributed by atoms with van der Waals surface area (Å²) in [6.07, 6.45) is 0. The number of rotatable bonds is 2. The van der Waals surface area contributed by atoms with Crippen LogP contribution in [-0.2, 0) is 0 Å². The standard InChI is InChI=1S/C8H8BrNO2/c1-12-7-5-3-2-4-6(7)10-8(9)11/h2-5H,1H3,(H,10,11). The zero-order chi connectivity index (χ0) is 8.97. The van der Waals surface area contributed by atoms with Crippen molar-refractivity contribution in [2.75, 3.05) is 12.4 Å². The lowest BCUT2D eigenvalue weighted by Gasteiger charge is -2.06. The van der Waals surface area contributed by atoms with Crippen molar-refractivity contribution in [1.82, 2.24) is 0 Å². The highest BCUT2D eigenvalue weighted by Gasteiger charge is 2.02. The first-order valence-electron chi connectivity index (χ1n) is 3.33. The molecule has 0 fully saturated rings. The molecule has 0 aliphatic heterocycles. The average molecular weight is 230 g/mol. The van der Waals surface area contributed by atoms with Crippen molar-refractivity contribution >= 4 is 26.4 Å². The second-order valence-corrected chi connectivity index (χ2v) is 2.82. The van der Waals surface area contributed by atoms with Crippen molar-refractivity contribution in [2.24, 2.45) is 0 Å². The Kier molecular flexibility index (Phi) is 3.10. The summed E-state index contributed by atoms with van der Waals surface area (Å²) in [4.78, 5) is 10.3. The molecule has 0 saturated carbocycles. The van der Waals surface area contributed by atoms with Crippen LogP contribution >= 0.6 is 15.9 Å². The van der Waals surface area contributed by atoms with Gasteiger partial charge in [0.25, 0.3) is 4.82 Å². The van der Waals surface area contributed by atoms with Gasteiger partial charge in [0.05, 0.1) is 12.8 Å². The van der Waals surface area contributed by atoms with Gasteiger partial charge < -0.3 is 10.1 Å². The van der Waals surface area contributed by atoms with E-state index in [4.69, 9.17) is 4.74 Å². The molecule has 0 bridgehead atoms. The van der Waals surface area contributed by atoms with Crippen LogP contribution in [0.3, 0.4) is 0 Å². The molecule has 0 saturated heterocycles. The first-order valence-corrected chi connectivity index (χ1v) is 4.13. The van der Waals surface area contributed by atoms with E-state index in [0.29, 0.717) is 11.4 Å². The zero-order valence-corrected chi connectivity index (χ0v) is 8.09. The molecule has 0 unspecified atom stereocenters. The van der Waals surface area contributed by atoms with Crippen LogP contribution in [0.5, 0.6) is 5.75 Å². The summed E-state index contributed by atoms with van der Waals surface area (Å²) in [5, 5.41) is 2.58. The molecule has 3 nitrogen and oxygen atoms in total. The summed E-state index contributed by atoms with van der Waals surface area (Å²) in [5.74, 6) is 0.644. The van der Waals surface area contributed by atoms with Gasteiger partial charge in [-0.3, -0.25) is 4.79 Å². The Hall–Kier alpha value is -1.03. The van der Waals surface area contributed by atoms with Gasteiger partial charge in [-0.2, -0.15) is 0 Å². The highest BCUT2D eigenvalue weighted by molar-refractivity contribution is 9.18. The molecular weight excluding hydrogens is 222 g/mol. The van der Waals surface area contributed by atoms with Gasteiger partial charge in [0.15, 0.2) is 0 Å². The number of anilines is 1. The van der Waals surface area contributed by atoms with E-state index in [-0.39, 0.29) is 4.82 Å². The van der Waals surface area contributed by atoms with Crippen LogP contribution in [0.1, 0.15) is 0 Å². The largest absolute Gasteiger partial charge is 0.495 e. The summed E-state index contributed by atoms with van der Waals surface area (Å²) in [7, 11) is 1.55. The number of hydrogen-bond donors (Lipinski definition) is 1. The highest BCUT2D eigenvalue weighted by atomic mass is 79.9. The van der Waals surface area contributed by atoms with Gasteiger partial charge in [-0.15, -0.1) is 0 Å². The molecule has 0 aliphatic carbocycles. The molecule has 0 heterocycles. The summed E-state index contributed by atoms with van der Waals surface area (Å²) in [5.41, 5.74) is 0.655. The summed E-state index contributed by atoms with van der Waals surface area (Å²) in [6, 6.07) is 7.19. The number of carbonyl (C=O) groups excluding carboxylic acids is 1. The molecule has 0 radical (unpaired) electrons. The van der Waals surface area contributed by atoms with Gasteiger partial charge >= 0.3 is 0 Å². The fraction of sp³-hybridized carbons (Fsp3) is 0.125. The second kappa shape index (κ2) is 4.11. The van der Waals surface area contributed by atoms with Gasteiger partial charge in [-0.25, -0.2) is 0 Å². The third kappa shape index (κ3) is 2.23. The van der Waals surface area contributed by atoms with Crippen LogP contribution in [-0.4, -0.2) is 11.9 Å². The van der Waals surface area contributed by atoms with Crippen molar-refractivity contribution < 1.29 is 9.53 Å². The predicted octanol–water partition coefficient (Wildman–Crippen LogP) is 2.62. The Bertz CT molecular complexity index is 288. The normalized spacial score (nSPS) is 9.17. The number of hydrogen-bond acceptors (Lipinski definition) is 2. The maximum Gasteiger partial charge on any atom is 0.291 e. The third-order valence-electron chi connectivity index (χ3n) is 1.34. The average Bonchev–Trinajstić information content (AvgIpc) is 2.04. The van der Waals surface area contributed by atoms with E-state index >= 15 is 0 Å². The Morgan fingerprint density at radius 1 is 1.50 bits per heavy atom. The van der Waals surface area contributed by atoms with Crippen molar-refractivity contribution in [3.05, 3.63) is 24.3 Å². The van der Waals surface area contributed by atoms with Gasteiger partial charge in [0.2, 0.25) is 0 Å². The van der Waals surface area contributed by atoms with Crippen molar-refractivity contribution in [3.8, 4) is 5.75 Å². The SMILES string of the molecule is COc1ccccc1NC(=O)Br. The lowest BCUT2D eigenvalue weighted by atomic mass is 10.3. The topological polar surface area (TPSA) is 38.3 Å². The molecule has 12 heavy (non-hydrogen) atoms. The quantitative estimate of drug-likeness (QED) is 0.626. The van der Waals surface area contributed by atoms with Gasteiger partial charge in [0.1, 0.15) is 5.75 Å². The number of ether oxygens (including phenoxy) is 1. The first kappa shape index (κ1) is 9.06. The molecule has 64 valence electrons. The lowest BCUT2D eigenvalue weighted by molar-refractivity contribution is 0.270. The molecule has 4 heteroatoms. The zero-order valence-electron chi connectivity index (χ0n) is 6.50. The Morgan fingerprint density at radius 2 is 2.17 bits per heavy atom. The number of nitrogens with one attached hydrogen (secondary N) is 1. The van der Waals surface area contributed by atoms with Crippen molar-refractivity contribution in [1.29, 1.82) is 0 Å². The van der Waals surface area contributed by atoms with Crippen LogP contribution in [0, 0.1) is 0 Å². The number of carbonyl (C=O) groups is 1. The molecule has 0 aromatic heterocycles. The minimum Gasteiger partial charge on any atom is -0.495 e. The van der Waals surface area contributed by atoms with E-state index in [0.717, 1.165) is 0 Å². The van der Waals surface area contributed by atoms with E-state index in [1.807, 2.05) is 12.1 Å². The highest BCUT2D eigenvalue weighted by Crippen LogP contribution is 2.23. The first-order chi connectivity index (χ1) is 5.74. The number of halogens is 1. The fourth-order valence-electron chi connectivity index (χ4n) is 0.854. The number of methoxy groups -OCH3 is 1. The van der Waals surface area contributed by atoms with Gasteiger partial charge in [-0.1, -0.05) is 12.1 Å². The molecule has 0 atom stereocenters. The van der Waals surface area contributed by atoms with Crippen molar-refractivity contribution in [2.45, 2.75) is 0 Å². The molecule has 1 rings (SSSR count). The van der Waals surface area contributed by atoms with E-state index in [1.54, 1.807) is 19.2 Å². The predicted molar refractivity (Wildman–Crippen MR) is 50.9 cm³/mol. The fourth-order valence-corrected chi connectivity index (χ4v) is 1.07. The Labute approximate surface area is 78.9 Å². The second-order valence-electron chi connectivity index (χ2n) is 2.10. The smallest absolute Gasteiger partial charge is 0.291 e. The Balaban J connectivity index is 2.89. The molecule has 1 N–H and O–H groups in total. The third-order valence-corrected chi connectivity index (χ3v) is 1.54. The summed E-state index contributed by atoms with van der Waals surface area (Å²) >= 11 is 2.77. The van der Waals surface area contributed by atoms with Crippen LogP contribution in [0.15, 0.2) is 24.3 Å². The van der Waals surface area contributed by atoms with Crippen molar-refractivity contribution in [3.63, 3.8) is 0 Å². The van der Waals surface area contributed by atoms with E-state index < -0.39 is 0 Å². The molecule has 1 amide bonds. The van der Waals surface area contributed by atoms with Crippen LogP contribution in [0.25, 0.3) is 0 Å². The van der Waals surface area contributed by atoms with E-state index in [9.17, 15) is 4.79 Å². The Morgan fingerprint density at radius 3 is 2.75 bits per heavy atom. The van der Waals surface area contributed by atoms with Gasteiger partial charge in [0, 0.05) is 15.9 Å². The van der Waals surface area contributed by atoms with Gasteiger partial charge in [-0.05, 0) is 12.1 Å². The molecule has 1 aromatic rings. The summed E-state index contributed by atoms with van der Waals surface area (Å²) < 4.78 is 5.01. The maximum absolute atomic E-state index is 10.6. The van der Waals surface area contributed by atoms with E-state index in [2.05, 4.69) is 21.2 Å². The van der Waals surface area contributed by atoms with E-state index in [1.165, 1.54) is 0 Å². The number of benzene rings is 1. The monoisotopic (exact) mass is 229 g/mol. The molecular formula is C8H8BrNO2. The molecule has 0 aliphatic rings. The number of para-hydroxylation sites is 2. The van der Waals surface area contributed by atoms with Crippen LogP contribution in [0.4, 0.5) is 10.5 Å².